The number of rotatable bonds is 3. The van der Waals surface area contributed by atoms with Gasteiger partial charge in [-0.15, -0.1) is 0 Å². The SMILES string of the molecule is CC(C)(C)c1ccccc1NC(=O)C(=O)Nc1ccccc1[N+](=O)[O-]. The van der Waals surface area contributed by atoms with Gasteiger partial charge < -0.3 is 10.6 Å². The van der Waals surface area contributed by atoms with E-state index < -0.39 is 16.7 Å². The van der Waals surface area contributed by atoms with Crippen LogP contribution in [-0.2, 0) is 15.0 Å². The molecule has 0 saturated carbocycles. The molecule has 0 aromatic heterocycles. The molecule has 0 spiro atoms. The van der Waals surface area contributed by atoms with E-state index in [0.29, 0.717) is 5.69 Å². The Hall–Kier alpha value is -3.22. The normalized spacial score (nSPS) is 10.8. The summed E-state index contributed by atoms with van der Waals surface area (Å²) < 4.78 is 0. The first-order chi connectivity index (χ1) is 11.7. The van der Waals surface area contributed by atoms with E-state index in [9.17, 15) is 19.7 Å². The number of nitrogens with zero attached hydrogens (tertiary/aromatic N) is 1. The fraction of sp³-hybridized carbons (Fsp3) is 0.222. The van der Waals surface area contributed by atoms with Crippen molar-refractivity contribution in [1.29, 1.82) is 0 Å². The van der Waals surface area contributed by atoms with Gasteiger partial charge >= 0.3 is 11.8 Å². The van der Waals surface area contributed by atoms with Crippen LogP contribution >= 0.6 is 0 Å². The minimum absolute atomic E-state index is 0.0308. The largest absolute Gasteiger partial charge is 0.318 e. The standard InChI is InChI=1S/C18H19N3O4/c1-18(2,3)12-8-4-5-9-13(12)19-16(22)17(23)20-14-10-6-7-11-15(14)21(24)25/h4-11H,1-3H3,(H,19,22)(H,20,23). The first kappa shape index (κ1) is 18.1. The van der Waals surface area contributed by atoms with Crippen molar-refractivity contribution in [1.82, 2.24) is 0 Å². The summed E-state index contributed by atoms with van der Waals surface area (Å²) in [7, 11) is 0. The molecule has 130 valence electrons. The summed E-state index contributed by atoms with van der Waals surface area (Å²) in [5, 5.41) is 15.8. The highest BCUT2D eigenvalue weighted by Gasteiger charge is 2.22. The molecule has 0 aliphatic carbocycles. The van der Waals surface area contributed by atoms with Gasteiger partial charge in [-0.2, -0.15) is 0 Å². The molecule has 0 bridgehead atoms. The van der Waals surface area contributed by atoms with Crippen molar-refractivity contribution >= 4 is 28.9 Å². The number of nitrogens with one attached hydrogen (secondary N) is 2. The van der Waals surface area contributed by atoms with Gasteiger partial charge in [0.15, 0.2) is 0 Å². The number of carbonyl (C=O) groups excluding carboxylic acids is 2. The van der Waals surface area contributed by atoms with E-state index in [4.69, 9.17) is 0 Å². The molecule has 2 aromatic rings. The number of carbonyl (C=O) groups is 2. The van der Waals surface area contributed by atoms with E-state index in [1.165, 1.54) is 24.3 Å². The van der Waals surface area contributed by atoms with Gasteiger partial charge in [0.1, 0.15) is 5.69 Å². The zero-order valence-corrected chi connectivity index (χ0v) is 14.2. The van der Waals surface area contributed by atoms with Crippen LogP contribution in [0.5, 0.6) is 0 Å². The molecule has 0 heterocycles. The number of nitro groups is 1. The molecule has 0 unspecified atom stereocenters. The number of nitro benzene ring substituents is 1. The molecule has 0 fully saturated rings. The van der Waals surface area contributed by atoms with Crippen molar-refractivity contribution in [2.24, 2.45) is 0 Å². The van der Waals surface area contributed by atoms with E-state index in [1.807, 2.05) is 32.9 Å². The first-order valence-electron chi connectivity index (χ1n) is 7.65. The van der Waals surface area contributed by atoms with E-state index in [0.717, 1.165) is 5.56 Å². The van der Waals surface area contributed by atoms with Gasteiger partial charge in [0.05, 0.1) is 4.92 Å². The summed E-state index contributed by atoms with van der Waals surface area (Å²) in [5.41, 5.74) is 0.869. The molecule has 0 radical (unpaired) electrons. The molecule has 2 amide bonds. The second-order valence-electron chi connectivity index (χ2n) is 6.48. The molecule has 0 saturated heterocycles. The zero-order chi connectivity index (χ0) is 18.6. The van der Waals surface area contributed by atoms with Crippen LogP contribution in [0.25, 0.3) is 0 Å². The van der Waals surface area contributed by atoms with Gasteiger partial charge in [-0.1, -0.05) is 51.1 Å². The van der Waals surface area contributed by atoms with Crippen LogP contribution in [0.4, 0.5) is 17.1 Å². The average molecular weight is 341 g/mol. The number of benzene rings is 2. The Morgan fingerprint density at radius 3 is 1.92 bits per heavy atom. The van der Waals surface area contributed by atoms with Crippen molar-refractivity contribution in [3.8, 4) is 0 Å². The van der Waals surface area contributed by atoms with Gasteiger partial charge in [-0.05, 0) is 23.1 Å². The minimum atomic E-state index is -0.974. The summed E-state index contributed by atoms with van der Waals surface area (Å²) in [4.78, 5) is 34.6. The van der Waals surface area contributed by atoms with Gasteiger partial charge in [0.2, 0.25) is 0 Å². The first-order valence-corrected chi connectivity index (χ1v) is 7.65. The van der Waals surface area contributed by atoms with E-state index in [2.05, 4.69) is 10.6 Å². The maximum absolute atomic E-state index is 12.2. The fourth-order valence-electron chi connectivity index (χ4n) is 2.34. The maximum atomic E-state index is 12.2. The Morgan fingerprint density at radius 2 is 1.36 bits per heavy atom. The average Bonchev–Trinajstić information content (AvgIpc) is 2.54. The lowest BCUT2D eigenvalue weighted by Crippen LogP contribution is -2.30. The molecule has 2 rings (SSSR count). The van der Waals surface area contributed by atoms with Crippen molar-refractivity contribution < 1.29 is 14.5 Å². The Bertz CT molecular complexity index is 825. The predicted octanol–water partition coefficient (Wildman–Crippen LogP) is 3.47. The molecule has 7 nitrogen and oxygen atoms in total. The van der Waals surface area contributed by atoms with Crippen LogP contribution in [0.2, 0.25) is 0 Å². The molecule has 2 aromatic carbocycles. The molecule has 2 N–H and O–H groups in total. The Balaban J connectivity index is 2.18. The molecular formula is C18H19N3O4. The van der Waals surface area contributed by atoms with Crippen LogP contribution < -0.4 is 10.6 Å². The lowest BCUT2D eigenvalue weighted by molar-refractivity contribution is -0.383. The van der Waals surface area contributed by atoms with Crippen LogP contribution in [0.15, 0.2) is 48.5 Å². The van der Waals surface area contributed by atoms with Gasteiger partial charge in [-0.25, -0.2) is 0 Å². The van der Waals surface area contributed by atoms with Crippen LogP contribution in [0, 0.1) is 10.1 Å². The number of para-hydroxylation sites is 3. The topological polar surface area (TPSA) is 101 Å². The third-order valence-electron chi connectivity index (χ3n) is 3.54. The summed E-state index contributed by atoms with van der Waals surface area (Å²) in [5.74, 6) is -1.87. The highest BCUT2D eigenvalue weighted by molar-refractivity contribution is 6.44. The van der Waals surface area contributed by atoms with Crippen molar-refractivity contribution in [2.45, 2.75) is 26.2 Å². The van der Waals surface area contributed by atoms with Gasteiger partial charge in [-0.3, -0.25) is 19.7 Å². The Morgan fingerprint density at radius 1 is 0.880 bits per heavy atom. The van der Waals surface area contributed by atoms with Crippen LogP contribution in [0.3, 0.4) is 0 Å². The number of amides is 2. The Kier molecular flexibility index (Phi) is 5.17. The molecular weight excluding hydrogens is 322 g/mol. The van der Waals surface area contributed by atoms with Crippen molar-refractivity contribution in [3.63, 3.8) is 0 Å². The van der Waals surface area contributed by atoms with E-state index in [-0.39, 0.29) is 16.8 Å². The second-order valence-corrected chi connectivity index (χ2v) is 6.48. The smallest absolute Gasteiger partial charge is 0.314 e. The number of anilines is 2. The number of hydrogen-bond acceptors (Lipinski definition) is 4. The summed E-state index contributed by atoms with van der Waals surface area (Å²) in [6.07, 6.45) is 0. The molecule has 7 heteroatoms. The zero-order valence-electron chi connectivity index (χ0n) is 14.2. The van der Waals surface area contributed by atoms with Crippen LogP contribution in [-0.4, -0.2) is 16.7 Å². The monoisotopic (exact) mass is 341 g/mol. The third-order valence-corrected chi connectivity index (χ3v) is 3.54. The highest BCUT2D eigenvalue weighted by Crippen LogP contribution is 2.29. The van der Waals surface area contributed by atoms with Crippen molar-refractivity contribution in [2.75, 3.05) is 10.6 Å². The maximum Gasteiger partial charge on any atom is 0.314 e. The molecule has 25 heavy (non-hydrogen) atoms. The fourth-order valence-corrected chi connectivity index (χ4v) is 2.34. The summed E-state index contributed by atoms with van der Waals surface area (Å²) in [6, 6.07) is 12.8. The van der Waals surface area contributed by atoms with Crippen LogP contribution in [0.1, 0.15) is 26.3 Å². The minimum Gasteiger partial charge on any atom is -0.318 e. The lowest BCUT2D eigenvalue weighted by Gasteiger charge is -2.22. The summed E-state index contributed by atoms with van der Waals surface area (Å²) in [6.45, 7) is 5.97. The van der Waals surface area contributed by atoms with Gasteiger partial charge in [0.25, 0.3) is 5.69 Å². The molecule has 0 aliphatic heterocycles. The number of hydrogen-bond donors (Lipinski definition) is 2. The second kappa shape index (κ2) is 7.12. The third kappa shape index (κ3) is 4.41. The quantitative estimate of drug-likeness (QED) is 0.507. The van der Waals surface area contributed by atoms with Crippen molar-refractivity contribution in [3.05, 3.63) is 64.2 Å². The molecule has 0 aliphatic rings. The summed E-state index contributed by atoms with van der Waals surface area (Å²) >= 11 is 0. The predicted molar refractivity (Wildman–Crippen MR) is 95.5 cm³/mol. The van der Waals surface area contributed by atoms with E-state index >= 15 is 0 Å². The Labute approximate surface area is 145 Å². The lowest BCUT2D eigenvalue weighted by atomic mass is 9.86. The highest BCUT2D eigenvalue weighted by atomic mass is 16.6. The van der Waals surface area contributed by atoms with E-state index in [1.54, 1.807) is 12.1 Å². The van der Waals surface area contributed by atoms with Gasteiger partial charge in [0, 0.05) is 11.8 Å². The molecule has 0 atom stereocenters.